The van der Waals surface area contributed by atoms with E-state index in [1.54, 1.807) is 13.3 Å². The molecule has 0 aliphatic heterocycles. The minimum atomic E-state index is 0.761. The lowest BCUT2D eigenvalue weighted by molar-refractivity contribution is 0.411. The highest BCUT2D eigenvalue weighted by molar-refractivity contribution is 5.64. The lowest BCUT2D eigenvalue weighted by Gasteiger charge is -2.17. The molecule has 0 aliphatic rings. The van der Waals surface area contributed by atoms with Crippen LogP contribution in [0, 0.1) is 6.92 Å². The van der Waals surface area contributed by atoms with Crippen LogP contribution in [-0.4, -0.2) is 26.2 Å². The van der Waals surface area contributed by atoms with Gasteiger partial charge in [0.1, 0.15) is 5.75 Å². The van der Waals surface area contributed by atoms with E-state index < -0.39 is 0 Å². The van der Waals surface area contributed by atoms with Crippen LogP contribution in [0.1, 0.15) is 11.1 Å². The summed E-state index contributed by atoms with van der Waals surface area (Å²) in [5.41, 5.74) is 3.40. The largest absolute Gasteiger partial charge is 0.496 e. The molecule has 0 amide bonds. The molecule has 0 radical (unpaired) electrons. The maximum absolute atomic E-state index is 5.28. The van der Waals surface area contributed by atoms with Gasteiger partial charge in [-0.2, -0.15) is 0 Å². The van der Waals surface area contributed by atoms with E-state index in [4.69, 9.17) is 4.74 Å². The maximum Gasteiger partial charge on any atom is 0.151 e. The zero-order valence-corrected chi connectivity index (χ0v) is 12.5. The molecule has 1 aromatic carbocycles. The minimum absolute atomic E-state index is 0.761. The number of rotatable bonds is 5. The predicted molar refractivity (Wildman–Crippen MR) is 83.6 cm³/mol. The van der Waals surface area contributed by atoms with Gasteiger partial charge in [0.2, 0.25) is 0 Å². The van der Waals surface area contributed by atoms with E-state index in [0.717, 1.165) is 29.4 Å². The molecule has 106 valence electrons. The first kappa shape index (κ1) is 14.2. The van der Waals surface area contributed by atoms with Crippen molar-refractivity contribution >= 4 is 11.5 Å². The van der Waals surface area contributed by atoms with Gasteiger partial charge in [-0.25, -0.2) is 4.98 Å². The Bertz CT molecular complexity index is 582. The standard InChI is InChI=1S/C16H21N3O/c1-12-10-13(7-8-15(12)20-4)11-18-14-6-5-9-17-16(14)19(2)3/h5-10,18H,11H2,1-4H3. The molecular formula is C16H21N3O. The van der Waals surface area contributed by atoms with Crippen molar-refractivity contribution in [2.24, 2.45) is 0 Å². The van der Waals surface area contributed by atoms with Gasteiger partial charge in [0.25, 0.3) is 0 Å². The number of methoxy groups -OCH3 is 1. The Labute approximate surface area is 120 Å². The molecule has 0 atom stereocenters. The second-order valence-corrected chi connectivity index (χ2v) is 4.93. The fraction of sp³-hybridized carbons (Fsp3) is 0.312. The molecule has 1 N–H and O–H groups in total. The van der Waals surface area contributed by atoms with E-state index in [0.29, 0.717) is 0 Å². The maximum atomic E-state index is 5.28. The van der Waals surface area contributed by atoms with Crippen LogP contribution in [0.25, 0.3) is 0 Å². The number of anilines is 2. The van der Waals surface area contributed by atoms with Gasteiger partial charge in [-0.15, -0.1) is 0 Å². The summed E-state index contributed by atoms with van der Waals surface area (Å²) >= 11 is 0. The van der Waals surface area contributed by atoms with Crippen LogP contribution in [0.2, 0.25) is 0 Å². The van der Waals surface area contributed by atoms with E-state index in [2.05, 4.69) is 29.4 Å². The molecule has 1 aromatic heterocycles. The quantitative estimate of drug-likeness (QED) is 0.907. The topological polar surface area (TPSA) is 37.4 Å². The monoisotopic (exact) mass is 271 g/mol. The molecule has 0 spiro atoms. The second-order valence-electron chi connectivity index (χ2n) is 4.93. The fourth-order valence-corrected chi connectivity index (χ4v) is 2.14. The minimum Gasteiger partial charge on any atom is -0.496 e. The van der Waals surface area contributed by atoms with Gasteiger partial charge in [0, 0.05) is 26.8 Å². The first-order valence-corrected chi connectivity index (χ1v) is 6.61. The molecule has 2 rings (SSSR count). The normalized spacial score (nSPS) is 10.2. The predicted octanol–water partition coefficient (Wildman–Crippen LogP) is 3.08. The van der Waals surface area contributed by atoms with Crippen molar-refractivity contribution in [3.8, 4) is 5.75 Å². The van der Waals surface area contributed by atoms with E-state index in [9.17, 15) is 0 Å². The zero-order chi connectivity index (χ0) is 14.5. The molecule has 0 fully saturated rings. The Kier molecular flexibility index (Phi) is 4.45. The molecule has 4 heteroatoms. The van der Waals surface area contributed by atoms with Crippen molar-refractivity contribution in [2.75, 3.05) is 31.4 Å². The first-order valence-electron chi connectivity index (χ1n) is 6.61. The number of benzene rings is 1. The number of hydrogen-bond acceptors (Lipinski definition) is 4. The number of aryl methyl sites for hydroxylation is 1. The van der Waals surface area contributed by atoms with Crippen molar-refractivity contribution in [1.82, 2.24) is 4.98 Å². The Morgan fingerprint density at radius 1 is 1.25 bits per heavy atom. The number of nitrogens with zero attached hydrogens (tertiary/aromatic N) is 2. The molecular weight excluding hydrogens is 250 g/mol. The summed E-state index contributed by atoms with van der Waals surface area (Å²) in [7, 11) is 5.68. The molecule has 2 aromatic rings. The van der Waals surface area contributed by atoms with Crippen molar-refractivity contribution < 1.29 is 4.74 Å². The summed E-state index contributed by atoms with van der Waals surface area (Å²) < 4.78 is 5.28. The summed E-state index contributed by atoms with van der Waals surface area (Å²) in [4.78, 5) is 6.38. The van der Waals surface area contributed by atoms with Crippen molar-refractivity contribution in [2.45, 2.75) is 13.5 Å². The first-order chi connectivity index (χ1) is 9.61. The molecule has 0 saturated heterocycles. The van der Waals surface area contributed by atoms with E-state index in [1.165, 1.54) is 5.56 Å². The molecule has 0 saturated carbocycles. The number of pyridine rings is 1. The van der Waals surface area contributed by atoms with Gasteiger partial charge in [-0.3, -0.25) is 0 Å². The van der Waals surface area contributed by atoms with Crippen LogP contribution >= 0.6 is 0 Å². The Morgan fingerprint density at radius 3 is 2.70 bits per heavy atom. The SMILES string of the molecule is COc1ccc(CNc2cccnc2N(C)C)cc1C. The second kappa shape index (κ2) is 6.28. The van der Waals surface area contributed by atoms with Crippen LogP contribution in [0.3, 0.4) is 0 Å². The summed E-state index contributed by atoms with van der Waals surface area (Å²) in [6, 6.07) is 10.2. The molecule has 4 nitrogen and oxygen atoms in total. The average molecular weight is 271 g/mol. The Balaban J connectivity index is 2.11. The van der Waals surface area contributed by atoms with E-state index in [-0.39, 0.29) is 0 Å². The van der Waals surface area contributed by atoms with Crippen molar-refractivity contribution in [3.05, 3.63) is 47.7 Å². The van der Waals surface area contributed by atoms with Gasteiger partial charge < -0.3 is 15.0 Å². The average Bonchev–Trinajstić information content (AvgIpc) is 2.45. The summed E-state index contributed by atoms with van der Waals surface area (Å²) in [5.74, 6) is 1.86. The Hall–Kier alpha value is -2.23. The van der Waals surface area contributed by atoms with Crippen LogP contribution in [0.4, 0.5) is 11.5 Å². The molecule has 1 heterocycles. The highest BCUT2D eigenvalue weighted by Crippen LogP contribution is 2.23. The van der Waals surface area contributed by atoms with Gasteiger partial charge in [0.15, 0.2) is 5.82 Å². The fourth-order valence-electron chi connectivity index (χ4n) is 2.14. The number of aromatic nitrogens is 1. The molecule has 0 bridgehead atoms. The van der Waals surface area contributed by atoms with E-state index >= 15 is 0 Å². The van der Waals surface area contributed by atoms with Gasteiger partial charge >= 0.3 is 0 Å². The van der Waals surface area contributed by atoms with Crippen LogP contribution in [-0.2, 0) is 6.54 Å². The third-order valence-electron chi connectivity index (χ3n) is 3.15. The zero-order valence-electron chi connectivity index (χ0n) is 12.5. The molecule has 0 unspecified atom stereocenters. The van der Waals surface area contributed by atoms with E-state index in [1.807, 2.05) is 37.2 Å². The molecule has 20 heavy (non-hydrogen) atoms. The van der Waals surface area contributed by atoms with Crippen LogP contribution in [0.15, 0.2) is 36.5 Å². The number of ether oxygens (including phenoxy) is 1. The highest BCUT2D eigenvalue weighted by atomic mass is 16.5. The van der Waals surface area contributed by atoms with Crippen LogP contribution in [0.5, 0.6) is 5.75 Å². The summed E-state index contributed by atoms with van der Waals surface area (Å²) in [5, 5.41) is 3.43. The third kappa shape index (κ3) is 3.20. The van der Waals surface area contributed by atoms with Crippen LogP contribution < -0.4 is 15.0 Å². The summed E-state index contributed by atoms with van der Waals surface area (Å²) in [6.45, 7) is 2.81. The lowest BCUT2D eigenvalue weighted by Crippen LogP contribution is -2.13. The number of nitrogens with one attached hydrogen (secondary N) is 1. The smallest absolute Gasteiger partial charge is 0.151 e. The molecule has 0 aliphatic carbocycles. The highest BCUT2D eigenvalue weighted by Gasteiger charge is 2.05. The van der Waals surface area contributed by atoms with Gasteiger partial charge in [-0.05, 0) is 36.2 Å². The van der Waals surface area contributed by atoms with Gasteiger partial charge in [-0.1, -0.05) is 12.1 Å². The van der Waals surface area contributed by atoms with Gasteiger partial charge in [0.05, 0.1) is 12.8 Å². The lowest BCUT2D eigenvalue weighted by atomic mass is 10.1. The van der Waals surface area contributed by atoms with Crippen molar-refractivity contribution in [1.29, 1.82) is 0 Å². The summed E-state index contributed by atoms with van der Waals surface area (Å²) in [6.07, 6.45) is 1.80. The van der Waals surface area contributed by atoms with Crippen molar-refractivity contribution in [3.63, 3.8) is 0 Å². The Morgan fingerprint density at radius 2 is 2.05 bits per heavy atom. The number of hydrogen-bond donors (Lipinski definition) is 1. The third-order valence-corrected chi connectivity index (χ3v) is 3.15.